The summed E-state index contributed by atoms with van der Waals surface area (Å²) < 4.78 is 5.13. The molecule has 1 unspecified atom stereocenters. The quantitative estimate of drug-likeness (QED) is 0.607. The summed E-state index contributed by atoms with van der Waals surface area (Å²) in [5, 5.41) is 0. The molecule has 0 fully saturated rings. The van der Waals surface area contributed by atoms with Crippen LogP contribution in [0.25, 0.3) is 0 Å². The van der Waals surface area contributed by atoms with Crippen LogP contribution in [0, 0.1) is 0 Å². The second kappa shape index (κ2) is 6.50. The van der Waals surface area contributed by atoms with Crippen molar-refractivity contribution in [1.82, 2.24) is 0 Å². The van der Waals surface area contributed by atoms with Gasteiger partial charge in [-0.2, -0.15) is 0 Å². The molecule has 95 valence electrons. The number of carbonyl (C=O) groups is 1. The zero-order valence-corrected chi connectivity index (χ0v) is 10.3. The molecule has 2 rings (SSSR count). The van der Waals surface area contributed by atoms with E-state index in [9.17, 15) is 9.59 Å². The van der Waals surface area contributed by atoms with Crippen LogP contribution < -0.4 is 0 Å². The highest BCUT2D eigenvalue weighted by molar-refractivity contribution is 5.94. The van der Waals surface area contributed by atoms with Gasteiger partial charge >= 0.3 is 5.97 Å². The minimum atomic E-state index is -0.982. The van der Waals surface area contributed by atoms with Crippen LogP contribution in [0.4, 0.5) is 0 Å². The lowest BCUT2D eigenvalue weighted by molar-refractivity contribution is -0.145. The Bertz CT molecular complexity index is 534. The predicted octanol–water partition coefficient (Wildman–Crippen LogP) is 2.62. The third-order valence-electron chi connectivity index (χ3n) is 2.71. The van der Waals surface area contributed by atoms with Crippen molar-refractivity contribution in [1.29, 1.82) is 0 Å². The molecule has 0 spiro atoms. The predicted molar refractivity (Wildman–Crippen MR) is 71.1 cm³/mol. The largest absolute Gasteiger partial charge is 0.460 e. The Morgan fingerprint density at radius 2 is 1.58 bits per heavy atom. The van der Waals surface area contributed by atoms with Gasteiger partial charge in [-0.1, -0.05) is 60.7 Å². The molecule has 3 heteroatoms. The fourth-order valence-corrected chi connectivity index (χ4v) is 1.71. The van der Waals surface area contributed by atoms with Crippen LogP contribution in [0.1, 0.15) is 17.0 Å². The zero-order chi connectivity index (χ0) is 13.5. The van der Waals surface area contributed by atoms with Gasteiger partial charge in [-0.3, -0.25) is 9.59 Å². The van der Waals surface area contributed by atoms with E-state index in [-0.39, 0.29) is 6.61 Å². The summed E-state index contributed by atoms with van der Waals surface area (Å²) in [6.07, 6.45) is 1.73. The molecule has 19 heavy (non-hydrogen) atoms. The van der Waals surface area contributed by atoms with Crippen molar-refractivity contribution < 1.29 is 14.3 Å². The third kappa shape index (κ3) is 3.52. The highest BCUT2D eigenvalue weighted by Gasteiger charge is 2.22. The van der Waals surface area contributed by atoms with E-state index in [0.717, 1.165) is 5.56 Å². The molecule has 2 aromatic carbocycles. The minimum Gasteiger partial charge on any atom is -0.460 e. The van der Waals surface area contributed by atoms with E-state index in [2.05, 4.69) is 0 Å². The van der Waals surface area contributed by atoms with Crippen LogP contribution >= 0.6 is 0 Å². The lowest BCUT2D eigenvalue weighted by Gasteiger charge is -2.10. The van der Waals surface area contributed by atoms with Crippen molar-refractivity contribution in [2.75, 3.05) is 0 Å². The van der Waals surface area contributed by atoms with Gasteiger partial charge in [0.25, 0.3) is 0 Å². The number of hydrogen-bond acceptors (Lipinski definition) is 3. The molecule has 3 nitrogen and oxygen atoms in total. The van der Waals surface area contributed by atoms with Crippen molar-refractivity contribution in [3.63, 3.8) is 0 Å². The Balaban J connectivity index is 2.00. The molecular weight excluding hydrogens is 240 g/mol. The monoisotopic (exact) mass is 253 g/mol. The molecule has 0 saturated heterocycles. The summed E-state index contributed by atoms with van der Waals surface area (Å²) in [6, 6.07) is 18.1. The minimum absolute atomic E-state index is 0.157. The van der Waals surface area contributed by atoms with Crippen molar-refractivity contribution >= 4 is 12.3 Å². The maximum atomic E-state index is 11.9. The molecule has 0 amide bonds. The highest BCUT2D eigenvalue weighted by atomic mass is 16.5. The molecule has 0 aliphatic carbocycles. The van der Waals surface area contributed by atoms with Gasteiger partial charge < -0.3 is 4.74 Å². The van der Waals surface area contributed by atoms with Gasteiger partial charge in [0.15, 0.2) is 0 Å². The first-order chi connectivity index (χ1) is 9.31. The molecule has 2 aromatic rings. The molecule has 1 radical (unpaired) electrons. The van der Waals surface area contributed by atoms with Crippen LogP contribution in [-0.2, 0) is 20.9 Å². The number of carbonyl (C=O) groups excluding carboxylic acids is 2. The summed E-state index contributed by atoms with van der Waals surface area (Å²) in [4.78, 5) is 22.8. The van der Waals surface area contributed by atoms with Gasteiger partial charge in [0.1, 0.15) is 12.5 Å². The molecule has 0 aromatic heterocycles. The smallest absolute Gasteiger partial charge is 0.321 e. The molecule has 1 atom stereocenters. The van der Waals surface area contributed by atoms with Crippen LogP contribution in [0.2, 0.25) is 0 Å². The van der Waals surface area contributed by atoms with Gasteiger partial charge in [-0.15, -0.1) is 0 Å². The standard InChI is InChI=1S/C16H13O3/c17-11-15(14-9-5-2-6-10-14)16(18)19-12-13-7-3-1-4-8-13/h1-10,15H,12H2. The van der Waals surface area contributed by atoms with Gasteiger partial charge in [0.2, 0.25) is 6.29 Å². The average molecular weight is 253 g/mol. The Hall–Kier alpha value is -2.42. The van der Waals surface area contributed by atoms with E-state index in [1.807, 2.05) is 36.4 Å². The van der Waals surface area contributed by atoms with Crippen LogP contribution in [0.15, 0.2) is 60.7 Å². The molecule has 0 heterocycles. The summed E-state index contributed by atoms with van der Waals surface area (Å²) in [6.45, 7) is 0.157. The van der Waals surface area contributed by atoms with E-state index >= 15 is 0 Å². The maximum absolute atomic E-state index is 11.9. The van der Waals surface area contributed by atoms with Crippen molar-refractivity contribution in [3.8, 4) is 0 Å². The normalized spacial score (nSPS) is 11.6. The SMILES string of the molecule is O=[C]C(C(=O)OCc1ccccc1)c1ccccc1. The van der Waals surface area contributed by atoms with E-state index < -0.39 is 11.9 Å². The number of benzene rings is 2. The number of hydrogen-bond donors (Lipinski definition) is 0. The number of esters is 1. The second-order valence-corrected chi connectivity index (χ2v) is 4.05. The van der Waals surface area contributed by atoms with Crippen molar-refractivity contribution in [3.05, 3.63) is 71.8 Å². The average Bonchev–Trinajstić information content (AvgIpc) is 2.48. The molecule has 0 saturated carbocycles. The first-order valence-corrected chi connectivity index (χ1v) is 5.94. The van der Waals surface area contributed by atoms with Gasteiger partial charge in [-0.25, -0.2) is 0 Å². The molecule has 0 aliphatic heterocycles. The van der Waals surface area contributed by atoms with E-state index in [1.54, 1.807) is 30.6 Å². The Labute approximate surface area is 111 Å². The third-order valence-corrected chi connectivity index (χ3v) is 2.71. The zero-order valence-electron chi connectivity index (χ0n) is 10.3. The van der Waals surface area contributed by atoms with E-state index in [4.69, 9.17) is 4.74 Å². The molecular formula is C16H13O3. The lowest BCUT2D eigenvalue weighted by Crippen LogP contribution is -2.17. The fraction of sp³-hybridized carbons (Fsp3) is 0.125. The van der Waals surface area contributed by atoms with Crippen molar-refractivity contribution in [2.45, 2.75) is 12.5 Å². The first-order valence-electron chi connectivity index (χ1n) is 5.94. The van der Waals surface area contributed by atoms with Gasteiger partial charge in [-0.05, 0) is 11.1 Å². The van der Waals surface area contributed by atoms with Gasteiger partial charge in [0.05, 0.1) is 0 Å². The summed E-state index contributed by atoms with van der Waals surface area (Å²) >= 11 is 0. The van der Waals surface area contributed by atoms with Gasteiger partial charge in [0, 0.05) is 0 Å². The molecule has 0 aliphatic rings. The summed E-state index contributed by atoms with van der Waals surface area (Å²) in [5.41, 5.74) is 1.48. The summed E-state index contributed by atoms with van der Waals surface area (Å²) in [5.74, 6) is -1.56. The van der Waals surface area contributed by atoms with Crippen LogP contribution in [-0.4, -0.2) is 12.3 Å². The topological polar surface area (TPSA) is 43.4 Å². The summed E-state index contributed by atoms with van der Waals surface area (Å²) in [7, 11) is 0. The maximum Gasteiger partial charge on any atom is 0.321 e. The van der Waals surface area contributed by atoms with Crippen LogP contribution in [0.5, 0.6) is 0 Å². The Morgan fingerprint density at radius 1 is 1.00 bits per heavy atom. The van der Waals surface area contributed by atoms with E-state index in [1.165, 1.54) is 0 Å². The first kappa shape index (κ1) is 13.0. The van der Waals surface area contributed by atoms with E-state index in [0.29, 0.717) is 5.56 Å². The van der Waals surface area contributed by atoms with Crippen LogP contribution in [0.3, 0.4) is 0 Å². The second-order valence-electron chi connectivity index (χ2n) is 4.05. The van der Waals surface area contributed by atoms with Crippen molar-refractivity contribution in [2.24, 2.45) is 0 Å². The number of rotatable bonds is 5. The lowest BCUT2D eigenvalue weighted by atomic mass is 10.0. The Kier molecular flexibility index (Phi) is 4.45. The molecule has 0 bridgehead atoms. The Morgan fingerprint density at radius 3 is 2.16 bits per heavy atom. The highest BCUT2D eigenvalue weighted by Crippen LogP contribution is 2.15. The molecule has 0 N–H and O–H groups in total. The fourth-order valence-electron chi connectivity index (χ4n) is 1.71. The number of ether oxygens (including phenoxy) is 1.